The van der Waals surface area contributed by atoms with Crippen molar-refractivity contribution in [1.82, 2.24) is 9.62 Å². The van der Waals surface area contributed by atoms with Crippen LogP contribution in [0.3, 0.4) is 0 Å². The lowest BCUT2D eigenvalue weighted by molar-refractivity contribution is 0.0951. The van der Waals surface area contributed by atoms with E-state index in [2.05, 4.69) is 5.32 Å². The van der Waals surface area contributed by atoms with E-state index in [1.807, 2.05) is 30.3 Å². The van der Waals surface area contributed by atoms with Crippen molar-refractivity contribution in [3.05, 3.63) is 59.7 Å². The number of hydrogen-bond donors (Lipinski definition) is 1. The molecule has 1 fully saturated rings. The lowest BCUT2D eigenvalue weighted by atomic mass is 10.1. The maximum absolute atomic E-state index is 12.9. The molecule has 0 unspecified atom stereocenters. The Morgan fingerprint density at radius 3 is 2.46 bits per heavy atom. The quantitative estimate of drug-likeness (QED) is 0.773. The van der Waals surface area contributed by atoms with Crippen molar-refractivity contribution in [1.29, 1.82) is 0 Å². The van der Waals surface area contributed by atoms with E-state index in [0.29, 0.717) is 31.8 Å². The number of hydrogen-bond acceptors (Lipinski definition) is 4. The van der Waals surface area contributed by atoms with E-state index in [1.54, 1.807) is 6.07 Å². The first-order valence-corrected chi connectivity index (χ1v) is 11.0. The molecule has 1 N–H and O–H groups in total. The first kappa shape index (κ1) is 20.4. The number of nitrogens with one attached hydrogen (secondary N) is 1. The number of piperidine rings is 1. The van der Waals surface area contributed by atoms with Gasteiger partial charge in [-0.25, -0.2) is 8.42 Å². The first-order chi connectivity index (χ1) is 13.5. The molecule has 0 bridgehead atoms. The smallest absolute Gasteiger partial charge is 0.255 e. The van der Waals surface area contributed by atoms with Crippen LogP contribution in [0.25, 0.3) is 0 Å². The highest BCUT2D eigenvalue weighted by molar-refractivity contribution is 7.89. The lowest BCUT2D eigenvalue weighted by Gasteiger charge is -2.26. The van der Waals surface area contributed by atoms with Crippen molar-refractivity contribution >= 4 is 15.9 Å². The van der Waals surface area contributed by atoms with E-state index in [9.17, 15) is 13.2 Å². The van der Waals surface area contributed by atoms with Gasteiger partial charge in [0.25, 0.3) is 5.91 Å². The second kappa shape index (κ2) is 9.21. The van der Waals surface area contributed by atoms with Crippen LogP contribution in [0.2, 0.25) is 0 Å². The highest BCUT2D eigenvalue weighted by atomic mass is 32.2. The highest BCUT2D eigenvalue weighted by Gasteiger charge is 2.27. The highest BCUT2D eigenvalue weighted by Crippen LogP contribution is 2.26. The molecule has 1 aliphatic rings. The number of amides is 1. The molecule has 150 valence electrons. The molecule has 0 saturated carbocycles. The maximum Gasteiger partial charge on any atom is 0.255 e. The molecule has 1 amide bonds. The van der Waals surface area contributed by atoms with E-state index in [0.717, 1.165) is 24.8 Å². The molecular weight excluding hydrogens is 376 g/mol. The van der Waals surface area contributed by atoms with E-state index in [4.69, 9.17) is 4.74 Å². The molecule has 6 nitrogen and oxygen atoms in total. The number of benzene rings is 2. The Morgan fingerprint density at radius 1 is 1.07 bits per heavy atom. The van der Waals surface area contributed by atoms with Gasteiger partial charge in [-0.1, -0.05) is 36.8 Å². The molecule has 0 aromatic heterocycles. The summed E-state index contributed by atoms with van der Waals surface area (Å²) in [6.07, 6.45) is 3.47. The van der Waals surface area contributed by atoms with Crippen molar-refractivity contribution in [3.63, 3.8) is 0 Å². The number of methoxy groups -OCH3 is 1. The van der Waals surface area contributed by atoms with Crippen LogP contribution in [-0.2, 0) is 16.4 Å². The summed E-state index contributed by atoms with van der Waals surface area (Å²) >= 11 is 0. The van der Waals surface area contributed by atoms with Gasteiger partial charge in [-0.05, 0) is 43.0 Å². The number of ether oxygens (including phenoxy) is 1. The lowest BCUT2D eigenvalue weighted by Crippen LogP contribution is -2.35. The molecule has 0 aliphatic carbocycles. The van der Waals surface area contributed by atoms with Gasteiger partial charge >= 0.3 is 0 Å². The summed E-state index contributed by atoms with van der Waals surface area (Å²) in [5, 5.41) is 2.85. The SMILES string of the molecule is COc1ccc(S(=O)(=O)N2CCCCC2)cc1C(=O)NCCc1ccccc1. The summed E-state index contributed by atoms with van der Waals surface area (Å²) in [6.45, 7) is 1.50. The van der Waals surface area contributed by atoms with Crippen LogP contribution in [0.1, 0.15) is 35.2 Å². The minimum Gasteiger partial charge on any atom is -0.496 e. The van der Waals surface area contributed by atoms with Crippen LogP contribution in [0.15, 0.2) is 53.4 Å². The first-order valence-electron chi connectivity index (χ1n) is 9.52. The molecule has 28 heavy (non-hydrogen) atoms. The summed E-state index contributed by atoms with van der Waals surface area (Å²) in [6, 6.07) is 14.3. The van der Waals surface area contributed by atoms with Gasteiger partial charge in [-0.15, -0.1) is 0 Å². The third-order valence-electron chi connectivity index (χ3n) is 4.91. The maximum atomic E-state index is 12.9. The molecule has 1 saturated heterocycles. The van der Waals surface area contributed by atoms with Crippen molar-refractivity contribution in [2.75, 3.05) is 26.7 Å². The summed E-state index contributed by atoms with van der Waals surface area (Å²) < 4.78 is 32.6. The molecule has 2 aromatic carbocycles. The van der Waals surface area contributed by atoms with Gasteiger partial charge in [0.2, 0.25) is 10.0 Å². The minimum atomic E-state index is -3.61. The van der Waals surface area contributed by atoms with E-state index in [-0.39, 0.29) is 16.4 Å². The molecule has 2 aromatic rings. The van der Waals surface area contributed by atoms with Gasteiger partial charge in [0.1, 0.15) is 5.75 Å². The number of nitrogens with zero attached hydrogens (tertiary/aromatic N) is 1. The Hall–Kier alpha value is -2.38. The number of sulfonamides is 1. The average Bonchev–Trinajstić information content (AvgIpc) is 2.74. The van der Waals surface area contributed by atoms with Crippen LogP contribution < -0.4 is 10.1 Å². The van der Waals surface area contributed by atoms with Gasteiger partial charge in [0, 0.05) is 19.6 Å². The second-order valence-electron chi connectivity index (χ2n) is 6.82. The molecule has 0 radical (unpaired) electrons. The summed E-state index contributed by atoms with van der Waals surface area (Å²) in [5.41, 5.74) is 1.35. The van der Waals surface area contributed by atoms with Crippen LogP contribution in [-0.4, -0.2) is 45.4 Å². The molecule has 7 heteroatoms. The monoisotopic (exact) mass is 402 g/mol. The van der Waals surface area contributed by atoms with Gasteiger partial charge < -0.3 is 10.1 Å². The fourth-order valence-corrected chi connectivity index (χ4v) is 4.88. The van der Waals surface area contributed by atoms with Crippen molar-refractivity contribution in [3.8, 4) is 5.75 Å². The summed E-state index contributed by atoms with van der Waals surface area (Å²) in [4.78, 5) is 12.8. The summed E-state index contributed by atoms with van der Waals surface area (Å²) in [5.74, 6) is 0.0123. The number of rotatable bonds is 7. The molecular formula is C21H26N2O4S. The van der Waals surface area contributed by atoms with Crippen LogP contribution >= 0.6 is 0 Å². The predicted molar refractivity (Wildman–Crippen MR) is 108 cm³/mol. The second-order valence-corrected chi connectivity index (χ2v) is 8.76. The van der Waals surface area contributed by atoms with E-state index in [1.165, 1.54) is 23.5 Å². The topological polar surface area (TPSA) is 75.7 Å². The van der Waals surface area contributed by atoms with Crippen LogP contribution in [0.4, 0.5) is 0 Å². The Bertz CT molecular complexity index is 907. The Morgan fingerprint density at radius 2 is 1.79 bits per heavy atom. The standard InChI is InChI=1S/C21H26N2O4S/c1-27-20-11-10-18(28(25,26)23-14-6-3-7-15-23)16-19(20)21(24)22-13-12-17-8-4-2-5-9-17/h2,4-5,8-11,16H,3,6-7,12-15H2,1H3,(H,22,24). The van der Waals surface area contributed by atoms with E-state index >= 15 is 0 Å². The minimum absolute atomic E-state index is 0.128. The third kappa shape index (κ3) is 4.72. The third-order valence-corrected chi connectivity index (χ3v) is 6.81. The molecule has 0 atom stereocenters. The van der Waals surface area contributed by atoms with Crippen LogP contribution in [0.5, 0.6) is 5.75 Å². The zero-order chi connectivity index (χ0) is 20.0. The van der Waals surface area contributed by atoms with Gasteiger partial charge in [0.15, 0.2) is 0 Å². The van der Waals surface area contributed by atoms with Gasteiger partial charge in [0.05, 0.1) is 17.6 Å². The average molecular weight is 403 g/mol. The number of carbonyl (C=O) groups is 1. The Kier molecular flexibility index (Phi) is 6.70. The van der Waals surface area contributed by atoms with Crippen molar-refractivity contribution in [2.45, 2.75) is 30.6 Å². The molecule has 3 rings (SSSR count). The molecule has 1 heterocycles. The fourth-order valence-electron chi connectivity index (χ4n) is 3.34. The fraction of sp³-hybridized carbons (Fsp3) is 0.381. The zero-order valence-corrected chi connectivity index (χ0v) is 16.9. The molecule has 0 spiro atoms. The predicted octanol–water partition coefficient (Wildman–Crippen LogP) is 2.84. The number of carbonyl (C=O) groups excluding carboxylic acids is 1. The largest absolute Gasteiger partial charge is 0.496 e. The summed E-state index contributed by atoms with van der Waals surface area (Å²) in [7, 11) is -2.14. The van der Waals surface area contributed by atoms with Crippen LogP contribution in [0, 0.1) is 0 Å². The Balaban J connectivity index is 1.75. The van der Waals surface area contributed by atoms with Gasteiger partial charge in [-0.3, -0.25) is 4.79 Å². The molecule has 1 aliphatic heterocycles. The zero-order valence-electron chi connectivity index (χ0n) is 16.1. The Labute approximate surface area is 166 Å². The van der Waals surface area contributed by atoms with E-state index < -0.39 is 10.0 Å². The van der Waals surface area contributed by atoms with Crippen molar-refractivity contribution in [2.24, 2.45) is 0 Å². The normalized spacial score (nSPS) is 15.2. The van der Waals surface area contributed by atoms with Crippen molar-refractivity contribution < 1.29 is 17.9 Å². The van der Waals surface area contributed by atoms with Gasteiger partial charge in [-0.2, -0.15) is 4.31 Å².